The summed E-state index contributed by atoms with van der Waals surface area (Å²) in [6.07, 6.45) is 2.67. The van der Waals surface area contributed by atoms with Crippen LogP contribution in [0, 0.1) is 0 Å². The monoisotopic (exact) mass is 534 g/mol. The van der Waals surface area contributed by atoms with Crippen molar-refractivity contribution in [2.75, 3.05) is 17.9 Å². The first-order valence-corrected chi connectivity index (χ1v) is 14.4. The smallest absolute Gasteiger partial charge is 0.326 e. The van der Waals surface area contributed by atoms with Crippen molar-refractivity contribution >= 4 is 39.6 Å². The van der Waals surface area contributed by atoms with Crippen LogP contribution in [0.1, 0.15) is 35.2 Å². The lowest BCUT2D eigenvalue weighted by Gasteiger charge is -2.17. The molecule has 1 aliphatic heterocycles. The minimum atomic E-state index is -3.68. The molecule has 3 rings (SSSR count). The molecular formula is C24H30N4O6S2. The van der Waals surface area contributed by atoms with E-state index in [1.807, 2.05) is 36.6 Å². The maximum absolute atomic E-state index is 13.0. The highest BCUT2D eigenvalue weighted by Crippen LogP contribution is 2.25. The molecule has 0 saturated carbocycles. The van der Waals surface area contributed by atoms with E-state index in [1.165, 1.54) is 11.8 Å². The molecule has 0 aromatic heterocycles. The number of benzene rings is 2. The van der Waals surface area contributed by atoms with Crippen molar-refractivity contribution in [3.63, 3.8) is 0 Å². The van der Waals surface area contributed by atoms with E-state index in [4.69, 9.17) is 0 Å². The van der Waals surface area contributed by atoms with Crippen LogP contribution >= 0.6 is 11.8 Å². The number of rotatable bonds is 13. The summed E-state index contributed by atoms with van der Waals surface area (Å²) in [6, 6.07) is 13.0. The van der Waals surface area contributed by atoms with E-state index in [0.717, 1.165) is 5.56 Å². The Bertz CT molecular complexity index is 1190. The summed E-state index contributed by atoms with van der Waals surface area (Å²) in [5, 5.41) is 17.5. The summed E-state index contributed by atoms with van der Waals surface area (Å²) in [5.41, 5.74) is 2.22. The average Bonchev–Trinajstić information content (AvgIpc) is 3.29. The Balaban J connectivity index is 1.75. The molecule has 0 aliphatic carbocycles. The Labute approximate surface area is 214 Å². The van der Waals surface area contributed by atoms with Crippen LogP contribution in [0.25, 0.3) is 11.1 Å². The van der Waals surface area contributed by atoms with Crippen molar-refractivity contribution in [1.29, 1.82) is 0 Å². The molecule has 2 aromatic carbocycles. The van der Waals surface area contributed by atoms with E-state index in [1.54, 1.807) is 18.2 Å². The van der Waals surface area contributed by atoms with Gasteiger partial charge in [-0.05, 0) is 53.7 Å². The second-order valence-corrected chi connectivity index (χ2v) is 11.1. The van der Waals surface area contributed by atoms with Gasteiger partial charge < -0.3 is 15.7 Å². The third-order valence-electron chi connectivity index (χ3n) is 5.64. The Morgan fingerprint density at radius 1 is 1.19 bits per heavy atom. The topological polar surface area (TPSA) is 154 Å². The van der Waals surface area contributed by atoms with Crippen LogP contribution in [-0.2, 0) is 26.2 Å². The van der Waals surface area contributed by atoms with Gasteiger partial charge in [-0.2, -0.15) is 11.8 Å². The van der Waals surface area contributed by atoms with Gasteiger partial charge in [0.1, 0.15) is 11.9 Å². The molecule has 1 saturated heterocycles. The largest absolute Gasteiger partial charge is 0.480 e. The zero-order valence-electron chi connectivity index (χ0n) is 19.8. The summed E-state index contributed by atoms with van der Waals surface area (Å²) in [6.45, 7) is -0.00571. The van der Waals surface area contributed by atoms with Crippen molar-refractivity contribution in [3.05, 3.63) is 59.7 Å². The Morgan fingerprint density at radius 2 is 1.94 bits per heavy atom. The van der Waals surface area contributed by atoms with Gasteiger partial charge in [-0.1, -0.05) is 36.4 Å². The van der Waals surface area contributed by atoms with E-state index >= 15 is 0 Å². The number of sulfonamides is 1. The van der Waals surface area contributed by atoms with Gasteiger partial charge in [0.25, 0.3) is 5.91 Å². The molecule has 36 heavy (non-hydrogen) atoms. The number of hydrogen-bond donors (Lipinski definition) is 5. The molecule has 1 heterocycles. The quantitative estimate of drug-likeness (QED) is 0.259. The van der Waals surface area contributed by atoms with Gasteiger partial charge in [0.15, 0.2) is 0 Å². The van der Waals surface area contributed by atoms with Gasteiger partial charge in [-0.3, -0.25) is 14.9 Å². The predicted molar refractivity (Wildman–Crippen MR) is 139 cm³/mol. The molecule has 2 amide bonds. The summed E-state index contributed by atoms with van der Waals surface area (Å²) >= 11 is 1.50. The van der Waals surface area contributed by atoms with Gasteiger partial charge >= 0.3 is 5.97 Å². The highest BCUT2D eigenvalue weighted by atomic mass is 32.2. The zero-order valence-corrected chi connectivity index (χ0v) is 21.5. The van der Waals surface area contributed by atoms with Gasteiger partial charge in [0.2, 0.25) is 15.9 Å². The van der Waals surface area contributed by atoms with Crippen molar-refractivity contribution in [1.82, 2.24) is 20.7 Å². The number of hydrogen-bond acceptors (Lipinski definition) is 7. The number of carboxylic acid groups (broad SMARTS) is 1. The molecule has 0 spiro atoms. The van der Waals surface area contributed by atoms with E-state index in [0.29, 0.717) is 41.7 Å². The second kappa shape index (κ2) is 12.9. The lowest BCUT2D eigenvalue weighted by atomic mass is 9.96. The number of carboxylic acids is 1. The van der Waals surface area contributed by atoms with E-state index < -0.39 is 27.9 Å². The van der Waals surface area contributed by atoms with Crippen LogP contribution in [0.15, 0.2) is 48.5 Å². The standard InChI is InChI=1S/C24H30N4O6S2/c1-35-12-11-20(24(31)32)27-23(30)18-8-7-16(13-19(18)17-5-3-2-4-6-17)14-26-36(33,34)15-25-21-9-10-22(29)28-21/h2-8,13,20-21,25-26H,9-12,14-15H2,1H3,(H,27,30)(H,28,29)(H,31,32)/t20-,21+/m0/s1. The van der Waals surface area contributed by atoms with Crippen LogP contribution in [0.3, 0.4) is 0 Å². The normalized spacial score (nSPS) is 16.4. The molecular weight excluding hydrogens is 504 g/mol. The highest BCUT2D eigenvalue weighted by Gasteiger charge is 2.24. The van der Waals surface area contributed by atoms with E-state index in [9.17, 15) is 27.9 Å². The Kier molecular flexibility index (Phi) is 9.88. The van der Waals surface area contributed by atoms with Crippen LogP contribution in [0.4, 0.5) is 0 Å². The van der Waals surface area contributed by atoms with Gasteiger partial charge in [0.05, 0.1) is 6.17 Å². The first kappa shape index (κ1) is 27.7. The van der Waals surface area contributed by atoms with Gasteiger partial charge in [0, 0.05) is 18.5 Å². The molecule has 1 aliphatic rings. The summed E-state index contributed by atoms with van der Waals surface area (Å²) < 4.78 is 27.4. The number of carbonyl (C=O) groups excluding carboxylic acids is 2. The maximum Gasteiger partial charge on any atom is 0.326 e. The Morgan fingerprint density at radius 3 is 2.58 bits per heavy atom. The molecule has 0 radical (unpaired) electrons. The number of carbonyl (C=O) groups is 3. The fraction of sp³-hybridized carbons (Fsp3) is 0.375. The third kappa shape index (κ3) is 8.05. The second-order valence-electron chi connectivity index (χ2n) is 8.33. The Hall–Kier alpha value is -2.93. The summed E-state index contributed by atoms with van der Waals surface area (Å²) in [7, 11) is -3.68. The maximum atomic E-state index is 13.0. The lowest BCUT2D eigenvalue weighted by molar-refractivity contribution is -0.139. The van der Waals surface area contributed by atoms with Crippen molar-refractivity contribution in [3.8, 4) is 11.1 Å². The van der Waals surface area contributed by atoms with Crippen LogP contribution in [-0.4, -0.2) is 61.4 Å². The number of amides is 2. The predicted octanol–water partition coefficient (Wildman–Crippen LogP) is 1.49. The fourth-order valence-corrected chi connectivity index (χ4v) is 5.09. The van der Waals surface area contributed by atoms with Crippen LogP contribution in [0.5, 0.6) is 0 Å². The third-order valence-corrected chi connectivity index (χ3v) is 7.41. The molecule has 5 N–H and O–H groups in total. The minimum Gasteiger partial charge on any atom is -0.480 e. The molecule has 1 fully saturated rings. The van der Waals surface area contributed by atoms with Gasteiger partial charge in [-0.15, -0.1) is 0 Å². The number of aliphatic carboxylic acids is 1. The van der Waals surface area contributed by atoms with Crippen LogP contribution in [0.2, 0.25) is 0 Å². The zero-order chi connectivity index (χ0) is 26.1. The molecule has 0 bridgehead atoms. The molecule has 2 atom stereocenters. The molecule has 10 nitrogen and oxygen atoms in total. The fourth-order valence-electron chi connectivity index (χ4n) is 3.71. The van der Waals surface area contributed by atoms with Crippen molar-refractivity contribution in [2.24, 2.45) is 0 Å². The molecule has 0 unspecified atom stereocenters. The minimum absolute atomic E-state index is 0.00571. The van der Waals surface area contributed by atoms with Gasteiger partial charge in [-0.25, -0.2) is 17.9 Å². The number of thioether (sulfide) groups is 1. The molecule has 2 aromatic rings. The van der Waals surface area contributed by atoms with E-state index in [-0.39, 0.29) is 24.5 Å². The van der Waals surface area contributed by atoms with Crippen LogP contribution < -0.4 is 20.7 Å². The summed E-state index contributed by atoms with van der Waals surface area (Å²) in [5.74, 6) is -1.50. The molecule has 194 valence electrons. The van der Waals surface area contributed by atoms with Crippen molar-refractivity contribution in [2.45, 2.75) is 38.0 Å². The first-order chi connectivity index (χ1) is 17.2. The summed E-state index contributed by atoms with van der Waals surface area (Å²) in [4.78, 5) is 35.9. The van der Waals surface area contributed by atoms with Crippen molar-refractivity contribution < 1.29 is 27.9 Å². The highest BCUT2D eigenvalue weighted by molar-refractivity contribution is 7.98. The SMILES string of the molecule is CSCC[C@H](NC(=O)c1ccc(CNS(=O)(=O)CN[C@H]2CCC(=O)N2)cc1-c1ccccc1)C(=O)O. The number of nitrogens with one attached hydrogen (secondary N) is 4. The molecule has 12 heteroatoms. The lowest BCUT2D eigenvalue weighted by Crippen LogP contribution is -2.44. The first-order valence-electron chi connectivity index (χ1n) is 11.4. The average molecular weight is 535 g/mol. The van der Waals surface area contributed by atoms with E-state index in [2.05, 4.69) is 20.7 Å².